The molecule has 0 saturated heterocycles. The van der Waals surface area contributed by atoms with Crippen molar-refractivity contribution in [2.45, 2.75) is 25.2 Å². The standard InChI is InChI=1S/C19H17FN2O/c1-12-17(15-7-2-3-8-16(15)21-12)19(9-10-19)18(23)22-14-6-4-5-13(20)11-14/h2-8,11,21H,9-10H2,1H3,(H,22,23). The lowest BCUT2D eigenvalue weighted by Gasteiger charge is -2.16. The fraction of sp³-hybridized carbons (Fsp3) is 0.211. The van der Waals surface area contributed by atoms with Gasteiger partial charge >= 0.3 is 0 Å². The van der Waals surface area contributed by atoms with Crippen molar-refractivity contribution >= 4 is 22.5 Å². The van der Waals surface area contributed by atoms with Crippen molar-refractivity contribution < 1.29 is 9.18 Å². The summed E-state index contributed by atoms with van der Waals surface area (Å²) in [7, 11) is 0. The van der Waals surface area contributed by atoms with Crippen LogP contribution in [0.2, 0.25) is 0 Å². The van der Waals surface area contributed by atoms with Crippen LogP contribution in [0, 0.1) is 12.7 Å². The largest absolute Gasteiger partial charge is 0.358 e. The monoisotopic (exact) mass is 308 g/mol. The molecule has 4 heteroatoms. The second kappa shape index (κ2) is 4.95. The van der Waals surface area contributed by atoms with Gasteiger partial charge in [-0.1, -0.05) is 24.3 Å². The second-order valence-corrected chi connectivity index (χ2v) is 6.22. The van der Waals surface area contributed by atoms with E-state index in [1.807, 2.05) is 31.2 Å². The molecule has 1 heterocycles. The SMILES string of the molecule is Cc1[nH]c2ccccc2c1C1(C(=O)Nc2cccc(F)c2)CC1. The van der Waals surface area contributed by atoms with Gasteiger partial charge in [0.25, 0.3) is 0 Å². The van der Waals surface area contributed by atoms with E-state index >= 15 is 0 Å². The highest BCUT2D eigenvalue weighted by molar-refractivity contribution is 6.05. The Hall–Kier alpha value is -2.62. The van der Waals surface area contributed by atoms with Crippen molar-refractivity contribution in [3.63, 3.8) is 0 Å². The fourth-order valence-electron chi connectivity index (χ4n) is 3.43. The molecule has 116 valence electrons. The molecule has 2 aromatic carbocycles. The van der Waals surface area contributed by atoms with Gasteiger partial charge in [0.1, 0.15) is 5.82 Å². The summed E-state index contributed by atoms with van der Waals surface area (Å²) in [6.45, 7) is 2.00. The summed E-state index contributed by atoms with van der Waals surface area (Å²) >= 11 is 0. The zero-order valence-corrected chi connectivity index (χ0v) is 12.8. The van der Waals surface area contributed by atoms with Gasteiger partial charge in [0, 0.05) is 22.3 Å². The highest BCUT2D eigenvalue weighted by Crippen LogP contribution is 2.52. The maximum absolute atomic E-state index is 13.3. The predicted molar refractivity (Wildman–Crippen MR) is 89.0 cm³/mol. The number of para-hydroxylation sites is 1. The Morgan fingerprint density at radius 2 is 1.96 bits per heavy atom. The first-order valence-electron chi connectivity index (χ1n) is 7.75. The van der Waals surface area contributed by atoms with E-state index in [0.29, 0.717) is 5.69 Å². The molecule has 0 bridgehead atoms. The van der Waals surface area contributed by atoms with E-state index in [1.165, 1.54) is 12.1 Å². The van der Waals surface area contributed by atoms with Crippen LogP contribution in [-0.2, 0) is 10.2 Å². The Morgan fingerprint density at radius 1 is 1.17 bits per heavy atom. The molecule has 3 aromatic rings. The molecular weight excluding hydrogens is 291 g/mol. The van der Waals surface area contributed by atoms with Crippen LogP contribution in [0.3, 0.4) is 0 Å². The number of hydrogen-bond acceptors (Lipinski definition) is 1. The molecule has 1 aromatic heterocycles. The second-order valence-electron chi connectivity index (χ2n) is 6.22. The van der Waals surface area contributed by atoms with Crippen LogP contribution in [0.1, 0.15) is 24.1 Å². The van der Waals surface area contributed by atoms with Crippen LogP contribution in [0.25, 0.3) is 10.9 Å². The van der Waals surface area contributed by atoms with Gasteiger partial charge in [-0.15, -0.1) is 0 Å². The Morgan fingerprint density at radius 3 is 2.70 bits per heavy atom. The molecule has 1 amide bonds. The van der Waals surface area contributed by atoms with Gasteiger partial charge in [-0.3, -0.25) is 4.79 Å². The zero-order valence-electron chi connectivity index (χ0n) is 12.8. The average Bonchev–Trinajstić information content (AvgIpc) is 3.24. The number of aromatic amines is 1. The van der Waals surface area contributed by atoms with Crippen LogP contribution in [0.5, 0.6) is 0 Å². The van der Waals surface area contributed by atoms with E-state index in [4.69, 9.17) is 0 Å². The summed E-state index contributed by atoms with van der Waals surface area (Å²) in [6.07, 6.45) is 1.63. The topological polar surface area (TPSA) is 44.9 Å². The molecule has 1 aliphatic carbocycles. The van der Waals surface area contributed by atoms with Crippen molar-refractivity contribution in [2.24, 2.45) is 0 Å². The third kappa shape index (κ3) is 2.22. The number of H-pyrrole nitrogens is 1. The highest BCUT2D eigenvalue weighted by Gasteiger charge is 2.53. The van der Waals surface area contributed by atoms with Crippen molar-refractivity contribution in [2.75, 3.05) is 5.32 Å². The van der Waals surface area contributed by atoms with Gasteiger partial charge in [0.05, 0.1) is 5.41 Å². The fourth-order valence-corrected chi connectivity index (χ4v) is 3.43. The maximum Gasteiger partial charge on any atom is 0.235 e. The minimum absolute atomic E-state index is 0.0593. The first-order valence-corrected chi connectivity index (χ1v) is 7.75. The smallest absolute Gasteiger partial charge is 0.235 e. The quantitative estimate of drug-likeness (QED) is 0.745. The Balaban J connectivity index is 1.72. The minimum Gasteiger partial charge on any atom is -0.358 e. The van der Waals surface area contributed by atoms with Crippen molar-refractivity contribution in [1.29, 1.82) is 0 Å². The van der Waals surface area contributed by atoms with E-state index in [0.717, 1.165) is 35.0 Å². The van der Waals surface area contributed by atoms with Crippen molar-refractivity contribution in [3.8, 4) is 0 Å². The number of rotatable bonds is 3. The highest BCUT2D eigenvalue weighted by atomic mass is 19.1. The lowest BCUT2D eigenvalue weighted by atomic mass is 9.92. The average molecular weight is 308 g/mol. The number of halogens is 1. The van der Waals surface area contributed by atoms with Crippen LogP contribution >= 0.6 is 0 Å². The number of fused-ring (bicyclic) bond motifs is 1. The molecule has 0 spiro atoms. The number of aromatic nitrogens is 1. The first-order chi connectivity index (χ1) is 11.1. The van der Waals surface area contributed by atoms with Crippen LogP contribution in [0.4, 0.5) is 10.1 Å². The number of benzene rings is 2. The molecule has 0 radical (unpaired) electrons. The minimum atomic E-state index is -0.504. The first kappa shape index (κ1) is 14.0. The molecule has 0 atom stereocenters. The molecule has 2 N–H and O–H groups in total. The Kier molecular flexibility index (Phi) is 3.01. The number of hydrogen-bond donors (Lipinski definition) is 2. The number of anilines is 1. The number of amides is 1. The number of nitrogens with one attached hydrogen (secondary N) is 2. The molecule has 4 rings (SSSR count). The summed E-state index contributed by atoms with van der Waals surface area (Å²) in [6, 6.07) is 14.0. The van der Waals surface area contributed by atoms with E-state index in [-0.39, 0.29) is 11.7 Å². The normalized spacial score (nSPS) is 15.6. The molecule has 1 aliphatic rings. The molecule has 3 nitrogen and oxygen atoms in total. The molecular formula is C19H17FN2O. The molecule has 1 saturated carbocycles. The van der Waals surface area contributed by atoms with Crippen LogP contribution in [-0.4, -0.2) is 10.9 Å². The molecule has 23 heavy (non-hydrogen) atoms. The van der Waals surface area contributed by atoms with Gasteiger partial charge < -0.3 is 10.3 Å². The van der Waals surface area contributed by atoms with Crippen molar-refractivity contribution in [3.05, 3.63) is 65.6 Å². The maximum atomic E-state index is 13.3. The lowest BCUT2D eigenvalue weighted by Crippen LogP contribution is -2.28. The molecule has 0 unspecified atom stereocenters. The van der Waals surface area contributed by atoms with Crippen molar-refractivity contribution in [1.82, 2.24) is 4.98 Å². The Labute approximate surface area is 133 Å². The summed E-state index contributed by atoms with van der Waals surface area (Å²) in [4.78, 5) is 16.2. The molecule has 1 fully saturated rings. The van der Waals surface area contributed by atoms with Gasteiger partial charge in [0.15, 0.2) is 0 Å². The van der Waals surface area contributed by atoms with Crippen LogP contribution < -0.4 is 5.32 Å². The summed E-state index contributed by atoms with van der Waals surface area (Å²) < 4.78 is 13.3. The number of carbonyl (C=O) groups excluding carboxylic acids is 1. The summed E-state index contributed by atoms with van der Waals surface area (Å²) in [5.74, 6) is -0.410. The molecule has 0 aliphatic heterocycles. The number of aryl methyl sites for hydroxylation is 1. The van der Waals surface area contributed by atoms with E-state index in [9.17, 15) is 9.18 Å². The van der Waals surface area contributed by atoms with Gasteiger partial charge in [-0.05, 0) is 49.6 Å². The van der Waals surface area contributed by atoms with Crippen LogP contribution in [0.15, 0.2) is 48.5 Å². The van der Waals surface area contributed by atoms with E-state index in [1.54, 1.807) is 12.1 Å². The van der Waals surface area contributed by atoms with Gasteiger partial charge in [-0.2, -0.15) is 0 Å². The summed E-state index contributed by atoms with van der Waals surface area (Å²) in [5.41, 5.74) is 3.14. The van der Waals surface area contributed by atoms with Gasteiger partial charge in [0.2, 0.25) is 5.91 Å². The van der Waals surface area contributed by atoms with Gasteiger partial charge in [-0.25, -0.2) is 4.39 Å². The number of carbonyl (C=O) groups is 1. The predicted octanol–water partition coefficient (Wildman–Crippen LogP) is 4.29. The Bertz CT molecular complexity index is 909. The third-order valence-electron chi connectivity index (χ3n) is 4.64. The zero-order chi connectivity index (χ0) is 16.0. The van der Waals surface area contributed by atoms with E-state index in [2.05, 4.69) is 10.3 Å². The lowest BCUT2D eigenvalue weighted by molar-refractivity contribution is -0.118. The summed E-state index contributed by atoms with van der Waals surface area (Å²) in [5, 5.41) is 3.97. The van der Waals surface area contributed by atoms with E-state index < -0.39 is 5.41 Å². The third-order valence-corrected chi connectivity index (χ3v) is 4.64.